The highest BCUT2D eigenvalue weighted by atomic mass is 32.2. The third-order valence-electron chi connectivity index (χ3n) is 6.09. The number of fused-ring (bicyclic) bond motifs is 1. The Bertz CT molecular complexity index is 1130. The number of pyridine rings is 1. The van der Waals surface area contributed by atoms with E-state index in [4.69, 9.17) is 4.74 Å². The second-order valence-corrected chi connectivity index (χ2v) is 10.0. The monoisotopic (exact) mass is 456 g/mol. The summed E-state index contributed by atoms with van der Waals surface area (Å²) in [6.45, 7) is 1.99. The number of amides is 1. The quantitative estimate of drug-likeness (QED) is 0.392. The summed E-state index contributed by atoms with van der Waals surface area (Å²) >= 11 is 1.63. The van der Waals surface area contributed by atoms with Gasteiger partial charge in [0.05, 0.1) is 22.2 Å². The first-order valence-corrected chi connectivity index (χ1v) is 11.8. The van der Waals surface area contributed by atoms with Gasteiger partial charge in [-0.15, -0.1) is 11.8 Å². The first-order valence-electron chi connectivity index (χ1n) is 10.9. The summed E-state index contributed by atoms with van der Waals surface area (Å²) in [5.41, 5.74) is 2.58. The van der Waals surface area contributed by atoms with Crippen molar-refractivity contribution in [1.29, 1.82) is 0 Å². The van der Waals surface area contributed by atoms with E-state index in [1.54, 1.807) is 22.9 Å². The number of aromatic nitrogens is 1. The first-order chi connectivity index (χ1) is 16.0. The van der Waals surface area contributed by atoms with E-state index < -0.39 is 22.9 Å². The Morgan fingerprint density at radius 2 is 1.70 bits per heavy atom. The molecular formula is C27H24N2O3S. The fourth-order valence-electron chi connectivity index (χ4n) is 4.41. The number of β-lactam (4-membered cyclic amide) rings is 1. The highest BCUT2D eigenvalue weighted by molar-refractivity contribution is 8.01. The SMILES string of the molecule is C[C@@]1(/C=C/c2ccccn2)S[C@@H]2CC(=O)N2[C@H]1C(=O)OC(c1ccccc1)c1ccccc1. The number of rotatable bonds is 6. The van der Waals surface area contributed by atoms with Gasteiger partial charge < -0.3 is 9.64 Å². The van der Waals surface area contributed by atoms with Crippen molar-refractivity contribution in [3.8, 4) is 0 Å². The molecule has 2 aliphatic rings. The van der Waals surface area contributed by atoms with Crippen LogP contribution in [-0.2, 0) is 14.3 Å². The maximum atomic E-state index is 13.7. The molecule has 0 bridgehead atoms. The smallest absolute Gasteiger partial charge is 0.331 e. The molecule has 0 N–H and O–H groups in total. The van der Waals surface area contributed by atoms with E-state index in [0.29, 0.717) is 6.42 Å². The van der Waals surface area contributed by atoms with Crippen molar-refractivity contribution in [1.82, 2.24) is 9.88 Å². The van der Waals surface area contributed by atoms with Gasteiger partial charge in [0.1, 0.15) is 6.04 Å². The number of benzene rings is 2. The van der Waals surface area contributed by atoms with Crippen LogP contribution in [0, 0.1) is 0 Å². The zero-order chi connectivity index (χ0) is 22.8. The lowest BCUT2D eigenvalue weighted by atomic mass is 9.95. The molecule has 166 valence electrons. The standard InChI is InChI=1S/C27H24N2O3S/c1-27(16-15-21-14-8-9-17-28-21)25(29-22(30)18-23(29)33-27)26(31)32-24(19-10-4-2-5-11-19)20-12-6-3-7-13-20/h2-17,23-25H,18H2,1H3/b16-15+/t23-,25+,27+/m1/s1. The van der Waals surface area contributed by atoms with Crippen molar-refractivity contribution in [2.45, 2.75) is 35.6 Å². The van der Waals surface area contributed by atoms with Gasteiger partial charge >= 0.3 is 5.97 Å². The second-order valence-electron chi connectivity index (χ2n) is 8.39. The van der Waals surface area contributed by atoms with Gasteiger partial charge in [-0.1, -0.05) is 72.8 Å². The summed E-state index contributed by atoms with van der Waals surface area (Å²) < 4.78 is 5.54. The van der Waals surface area contributed by atoms with Crippen LogP contribution in [0.2, 0.25) is 0 Å². The minimum atomic E-state index is -0.705. The average Bonchev–Trinajstić information content (AvgIpc) is 3.10. The lowest BCUT2D eigenvalue weighted by Crippen LogP contribution is -2.57. The van der Waals surface area contributed by atoms with Crippen LogP contribution in [0.1, 0.15) is 36.3 Å². The molecule has 2 aliphatic heterocycles. The average molecular weight is 457 g/mol. The highest BCUT2D eigenvalue weighted by Gasteiger charge is 2.60. The number of nitrogens with zero attached hydrogens (tertiary/aromatic N) is 2. The van der Waals surface area contributed by atoms with Crippen molar-refractivity contribution < 1.29 is 14.3 Å². The Morgan fingerprint density at radius 3 is 2.27 bits per heavy atom. The number of esters is 1. The van der Waals surface area contributed by atoms with Crippen LogP contribution >= 0.6 is 11.8 Å². The van der Waals surface area contributed by atoms with Crippen LogP contribution in [-0.4, -0.2) is 37.9 Å². The maximum absolute atomic E-state index is 13.7. The molecule has 2 fully saturated rings. The molecule has 6 heteroatoms. The minimum absolute atomic E-state index is 0.0135. The summed E-state index contributed by atoms with van der Waals surface area (Å²) in [7, 11) is 0. The van der Waals surface area contributed by atoms with Crippen LogP contribution in [0.4, 0.5) is 0 Å². The van der Waals surface area contributed by atoms with E-state index >= 15 is 0 Å². The van der Waals surface area contributed by atoms with Gasteiger partial charge in [0.25, 0.3) is 0 Å². The molecule has 0 unspecified atom stereocenters. The molecule has 5 rings (SSSR count). The molecule has 2 saturated heterocycles. The zero-order valence-electron chi connectivity index (χ0n) is 18.2. The van der Waals surface area contributed by atoms with Crippen molar-refractivity contribution in [3.63, 3.8) is 0 Å². The van der Waals surface area contributed by atoms with Gasteiger partial charge in [-0.05, 0) is 36.3 Å². The summed E-state index contributed by atoms with van der Waals surface area (Å²) in [5, 5.41) is -0.0136. The van der Waals surface area contributed by atoms with E-state index in [0.717, 1.165) is 16.8 Å². The Morgan fingerprint density at radius 1 is 1.06 bits per heavy atom. The van der Waals surface area contributed by atoms with Gasteiger partial charge in [0.2, 0.25) is 5.91 Å². The van der Waals surface area contributed by atoms with Gasteiger partial charge in [0.15, 0.2) is 6.10 Å². The van der Waals surface area contributed by atoms with Crippen LogP contribution < -0.4 is 0 Å². The number of ether oxygens (including phenoxy) is 1. The normalized spacial score (nSPS) is 24.1. The lowest BCUT2D eigenvalue weighted by molar-refractivity contribution is -0.163. The van der Waals surface area contributed by atoms with Crippen LogP contribution in [0.25, 0.3) is 6.08 Å². The molecule has 1 aromatic heterocycles. The second kappa shape index (κ2) is 8.87. The molecule has 0 spiro atoms. The molecule has 3 heterocycles. The van der Waals surface area contributed by atoms with Crippen molar-refractivity contribution in [2.24, 2.45) is 0 Å². The van der Waals surface area contributed by atoms with Crippen molar-refractivity contribution in [3.05, 3.63) is 108 Å². The van der Waals surface area contributed by atoms with Gasteiger partial charge in [-0.25, -0.2) is 4.79 Å². The topological polar surface area (TPSA) is 59.5 Å². The first kappa shape index (κ1) is 21.5. The predicted octanol–water partition coefficient (Wildman–Crippen LogP) is 4.86. The largest absolute Gasteiger partial charge is 0.451 e. The number of carbonyl (C=O) groups is 2. The Hall–Kier alpha value is -3.38. The highest BCUT2D eigenvalue weighted by Crippen LogP contribution is 2.52. The van der Waals surface area contributed by atoms with E-state index in [9.17, 15) is 9.59 Å². The molecule has 3 aromatic rings. The van der Waals surface area contributed by atoms with Crippen molar-refractivity contribution >= 4 is 29.7 Å². The van der Waals surface area contributed by atoms with Crippen LogP contribution in [0.15, 0.2) is 91.1 Å². The summed E-state index contributed by atoms with van der Waals surface area (Å²) in [6.07, 6.45) is 5.52. The van der Waals surface area contributed by atoms with Gasteiger partial charge in [0, 0.05) is 6.20 Å². The number of hydrogen-bond acceptors (Lipinski definition) is 5. The summed E-state index contributed by atoms with van der Waals surface area (Å²) in [4.78, 5) is 32.2. The molecule has 0 saturated carbocycles. The summed E-state index contributed by atoms with van der Waals surface area (Å²) in [5.74, 6) is -0.413. The molecule has 0 aliphatic carbocycles. The fraction of sp³-hybridized carbons (Fsp3) is 0.222. The van der Waals surface area contributed by atoms with E-state index in [2.05, 4.69) is 4.98 Å². The van der Waals surface area contributed by atoms with Crippen molar-refractivity contribution in [2.75, 3.05) is 0 Å². The molecule has 3 atom stereocenters. The predicted molar refractivity (Wildman–Crippen MR) is 129 cm³/mol. The molecule has 0 radical (unpaired) electrons. The van der Waals surface area contributed by atoms with Crippen LogP contribution in [0.3, 0.4) is 0 Å². The van der Waals surface area contributed by atoms with Gasteiger partial charge in [-0.2, -0.15) is 0 Å². The molecule has 2 aromatic carbocycles. The third kappa shape index (κ3) is 4.18. The Kier molecular flexibility index (Phi) is 5.77. The summed E-state index contributed by atoms with van der Waals surface area (Å²) in [6, 6.07) is 24.4. The fourth-order valence-corrected chi connectivity index (χ4v) is 6.06. The zero-order valence-corrected chi connectivity index (χ0v) is 19.0. The molecule has 33 heavy (non-hydrogen) atoms. The molecule has 1 amide bonds. The van der Waals surface area contributed by atoms with Crippen LogP contribution in [0.5, 0.6) is 0 Å². The maximum Gasteiger partial charge on any atom is 0.331 e. The molecular weight excluding hydrogens is 432 g/mol. The number of thioether (sulfide) groups is 1. The molecule has 5 nitrogen and oxygen atoms in total. The number of carbonyl (C=O) groups excluding carboxylic acids is 2. The Labute approximate surface area is 197 Å². The van der Waals surface area contributed by atoms with Gasteiger partial charge in [-0.3, -0.25) is 9.78 Å². The third-order valence-corrected chi connectivity index (χ3v) is 7.63. The van der Waals surface area contributed by atoms with E-state index in [1.807, 2.05) is 97.9 Å². The van der Waals surface area contributed by atoms with E-state index in [1.165, 1.54) is 0 Å². The van der Waals surface area contributed by atoms with E-state index in [-0.39, 0.29) is 11.3 Å². The number of hydrogen-bond donors (Lipinski definition) is 0. The lowest BCUT2D eigenvalue weighted by Gasteiger charge is -2.38. The Balaban J connectivity index is 1.46. The minimum Gasteiger partial charge on any atom is -0.451 e.